The van der Waals surface area contributed by atoms with Crippen LogP contribution in [-0.4, -0.2) is 13.2 Å². The monoisotopic (exact) mass is 269 g/mol. The minimum atomic E-state index is 0.713. The number of hydrogen-bond acceptors (Lipinski definition) is 2. The van der Waals surface area contributed by atoms with E-state index in [1.165, 1.54) is 16.7 Å². The van der Waals surface area contributed by atoms with Crippen LogP contribution in [0.5, 0.6) is 5.75 Å². The van der Waals surface area contributed by atoms with Crippen LogP contribution < -0.4 is 10.1 Å². The summed E-state index contributed by atoms with van der Waals surface area (Å²) in [5.74, 6) is 0.950. The molecular weight excluding hydrogens is 246 g/mol. The van der Waals surface area contributed by atoms with Crippen LogP contribution in [0.15, 0.2) is 48.5 Å². The van der Waals surface area contributed by atoms with Crippen molar-refractivity contribution in [2.75, 3.05) is 13.2 Å². The molecule has 2 heteroatoms. The Morgan fingerprint density at radius 1 is 1.00 bits per heavy atom. The van der Waals surface area contributed by atoms with E-state index < -0.39 is 0 Å². The fraction of sp³-hybridized carbons (Fsp3) is 0.333. The van der Waals surface area contributed by atoms with Crippen molar-refractivity contribution < 1.29 is 4.74 Å². The van der Waals surface area contributed by atoms with Crippen LogP contribution in [0.3, 0.4) is 0 Å². The van der Waals surface area contributed by atoms with Gasteiger partial charge in [-0.2, -0.15) is 0 Å². The third-order valence-electron chi connectivity index (χ3n) is 3.21. The first-order valence-corrected chi connectivity index (χ1v) is 7.26. The molecule has 1 N–H and O–H groups in total. The molecule has 0 fully saturated rings. The molecule has 2 aromatic rings. The highest BCUT2D eigenvalue weighted by molar-refractivity contribution is 5.28. The van der Waals surface area contributed by atoms with Crippen molar-refractivity contribution in [3.05, 3.63) is 65.2 Å². The molecule has 0 saturated carbocycles. The van der Waals surface area contributed by atoms with E-state index in [2.05, 4.69) is 48.6 Å². The maximum Gasteiger partial charge on any atom is 0.119 e. The molecule has 2 nitrogen and oxygen atoms in total. The van der Waals surface area contributed by atoms with Crippen LogP contribution in [0, 0.1) is 6.92 Å². The Morgan fingerprint density at radius 2 is 1.80 bits per heavy atom. The fourth-order valence-electron chi connectivity index (χ4n) is 2.25. The van der Waals surface area contributed by atoms with Crippen molar-refractivity contribution in [1.29, 1.82) is 0 Å². The lowest BCUT2D eigenvalue weighted by molar-refractivity contribution is 0.340. The molecule has 0 bridgehead atoms. The molecule has 0 amide bonds. The van der Waals surface area contributed by atoms with Gasteiger partial charge in [-0.25, -0.2) is 0 Å². The molecule has 0 aliphatic heterocycles. The molecule has 0 aliphatic rings. The number of aryl methyl sites for hydroxylation is 1. The minimum Gasteiger partial charge on any atom is -0.494 e. The maximum atomic E-state index is 5.51. The van der Waals surface area contributed by atoms with Gasteiger partial charge in [0.25, 0.3) is 0 Å². The Labute approximate surface area is 121 Å². The molecule has 0 saturated heterocycles. The normalized spacial score (nSPS) is 10.5. The van der Waals surface area contributed by atoms with Gasteiger partial charge in [-0.3, -0.25) is 0 Å². The second-order valence-corrected chi connectivity index (χ2v) is 5.00. The van der Waals surface area contributed by atoms with E-state index in [-0.39, 0.29) is 0 Å². The van der Waals surface area contributed by atoms with Crippen molar-refractivity contribution in [2.45, 2.75) is 26.8 Å². The van der Waals surface area contributed by atoms with E-state index in [0.29, 0.717) is 6.61 Å². The van der Waals surface area contributed by atoms with E-state index in [1.54, 1.807) is 0 Å². The van der Waals surface area contributed by atoms with Crippen LogP contribution in [-0.2, 0) is 13.0 Å². The highest BCUT2D eigenvalue weighted by Crippen LogP contribution is 2.13. The molecule has 0 spiro atoms. The number of nitrogens with one attached hydrogen (secondary N) is 1. The van der Waals surface area contributed by atoms with Crippen molar-refractivity contribution in [1.82, 2.24) is 5.32 Å². The molecule has 0 aromatic heterocycles. The van der Waals surface area contributed by atoms with Gasteiger partial charge in [-0.15, -0.1) is 0 Å². The maximum absolute atomic E-state index is 5.51. The van der Waals surface area contributed by atoms with Crippen LogP contribution in [0.4, 0.5) is 0 Å². The molecular formula is C18H23NO. The average molecular weight is 269 g/mol. The van der Waals surface area contributed by atoms with Gasteiger partial charge in [0.15, 0.2) is 0 Å². The van der Waals surface area contributed by atoms with Crippen LogP contribution in [0.25, 0.3) is 0 Å². The van der Waals surface area contributed by atoms with Crippen LogP contribution in [0.2, 0.25) is 0 Å². The quantitative estimate of drug-likeness (QED) is 0.773. The van der Waals surface area contributed by atoms with Crippen molar-refractivity contribution in [3.63, 3.8) is 0 Å². The smallest absolute Gasteiger partial charge is 0.119 e. The third-order valence-corrected chi connectivity index (χ3v) is 3.21. The van der Waals surface area contributed by atoms with E-state index in [9.17, 15) is 0 Å². The molecule has 2 aromatic carbocycles. The minimum absolute atomic E-state index is 0.713. The Hall–Kier alpha value is -1.80. The molecule has 0 atom stereocenters. The summed E-state index contributed by atoms with van der Waals surface area (Å²) in [4.78, 5) is 0. The Bertz CT molecular complexity index is 536. The van der Waals surface area contributed by atoms with E-state index >= 15 is 0 Å². The molecule has 20 heavy (non-hydrogen) atoms. The number of rotatable bonds is 7. The molecule has 0 heterocycles. The Balaban J connectivity index is 1.77. The van der Waals surface area contributed by atoms with Crippen LogP contribution >= 0.6 is 0 Å². The molecule has 0 aliphatic carbocycles. The fourth-order valence-corrected chi connectivity index (χ4v) is 2.25. The topological polar surface area (TPSA) is 21.3 Å². The Kier molecular flexibility index (Phi) is 5.63. The van der Waals surface area contributed by atoms with Crippen LogP contribution in [0.1, 0.15) is 23.6 Å². The summed E-state index contributed by atoms with van der Waals surface area (Å²) in [5, 5.41) is 3.48. The van der Waals surface area contributed by atoms with E-state index in [1.807, 2.05) is 19.1 Å². The number of benzene rings is 2. The predicted molar refractivity (Wildman–Crippen MR) is 84.2 cm³/mol. The van der Waals surface area contributed by atoms with Gasteiger partial charge in [-0.05, 0) is 50.1 Å². The summed E-state index contributed by atoms with van der Waals surface area (Å²) >= 11 is 0. The van der Waals surface area contributed by atoms with E-state index in [0.717, 1.165) is 25.3 Å². The first kappa shape index (κ1) is 14.6. The van der Waals surface area contributed by atoms with Crippen molar-refractivity contribution in [3.8, 4) is 5.75 Å². The third kappa shape index (κ3) is 4.71. The molecule has 2 rings (SSSR count). The second kappa shape index (κ2) is 7.71. The zero-order valence-electron chi connectivity index (χ0n) is 12.4. The van der Waals surface area contributed by atoms with Gasteiger partial charge in [0.1, 0.15) is 5.75 Å². The predicted octanol–water partition coefficient (Wildman–Crippen LogP) is 3.73. The van der Waals surface area contributed by atoms with Gasteiger partial charge in [0.2, 0.25) is 0 Å². The summed E-state index contributed by atoms with van der Waals surface area (Å²) in [6.45, 7) is 6.72. The highest BCUT2D eigenvalue weighted by atomic mass is 16.5. The first-order valence-electron chi connectivity index (χ1n) is 7.26. The Morgan fingerprint density at radius 3 is 2.60 bits per heavy atom. The average Bonchev–Trinajstić information content (AvgIpc) is 2.45. The first-order chi connectivity index (χ1) is 9.78. The van der Waals surface area contributed by atoms with Gasteiger partial charge in [0.05, 0.1) is 6.61 Å². The van der Waals surface area contributed by atoms with Crippen molar-refractivity contribution in [2.24, 2.45) is 0 Å². The summed E-state index contributed by atoms with van der Waals surface area (Å²) in [5.41, 5.74) is 3.98. The van der Waals surface area contributed by atoms with Gasteiger partial charge in [0, 0.05) is 6.54 Å². The lowest BCUT2D eigenvalue weighted by Crippen LogP contribution is -2.16. The molecule has 106 valence electrons. The summed E-state index contributed by atoms with van der Waals surface area (Å²) in [7, 11) is 0. The zero-order chi connectivity index (χ0) is 14.2. The zero-order valence-corrected chi connectivity index (χ0v) is 12.4. The summed E-state index contributed by atoms with van der Waals surface area (Å²) < 4.78 is 5.51. The largest absolute Gasteiger partial charge is 0.494 e. The summed E-state index contributed by atoms with van der Waals surface area (Å²) in [6.07, 6.45) is 1.06. The van der Waals surface area contributed by atoms with Gasteiger partial charge in [-0.1, -0.05) is 42.0 Å². The molecule has 0 radical (unpaired) electrons. The molecule has 0 unspecified atom stereocenters. The lowest BCUT2D eigenvalue weighted by atomic mass is 10.1. The highest BCUT2D eigenvalue weighted by Gasteiger charge is 1.97. The second-order valence-electron chi connectivity index (χ2n) is 5.00. The van der Waals surface area contributed by atoms with Gasteiger partial charge < -0.3 is 10.1 Å². The van der Waals surface area contributed by atoms with E-state index in [4.69, 9.17) is 4.74 Å². The van der Waals surface area contributed by atoms with Crippen molar-refractivity contribution >= 4 is 0 Å². The van der Waals surface area contributed by atoms with Gasteiger partial charge >= 0.3 is 0 Å². The number of hydrogen-bond donors (Lipinski definition) is 1. The summed E-state index contributed by atoms with van der Waals surface area (Å²) in [6, 6.07) is 17.0. The SMILES string of the molecule is CCOc1cccc(CNCCc2cccc(C)c2)c1. The standard InChI is InChI=1S/C18H23NO/c1-3-20-18-9-5-8-17(13-18)14-19-11-10-16-7-4-6-15(2)12-16/h4-9,12-13,19H,3,10-11,14H2,1-2H3. The lowest BCUT2D eigenvalue weighted by Gasteiger charge is -2.08. The number of ether oxygens (including phenoxy) is 1.